The molecule has 2 saturated heterocycles. The van der Waals surface area contributed by atoms with Gasteiger partial charge in [0.2, 0.25) is 5.91 Å². The highest BCUT2D eigenvalue weighted by atomic mass is 32.2. The first-order valence-corrected chi connectivity index (χ1v) is 22.6. The SMILES string of the molecule is CSC1OC(C(NC(=O)C2CC(CCCOS(=O)(=O)c3ccc(C)cc3)CCN2C(=O)OC(C)(C)C)C(C)C)C(O)C(O)C1O.Cc1ccc(S(=O)(=O)O)cc1. The predicted octanol–water partition coefficient (Wildman–Crippen LogP) is 4.05. The number of carbonyl (C=O) groups excluding carboxylic acids is 2. The number of aryl methyl sites for hydroxylation is 2. The minimum absolute atomic E-state index is 0.00280. The standard InChI is InChI=1S/C31H50N2O10S2.C7H8O3S/c1-18(2)23(27-25(35)24(34)26(36)29(42-27)44-7)32-28(37)22-17-20(14-15-33(22)30(38)43-31(4,5)6)9-8-16-41-45(39,40)21-12-10-19(3)11-13-21;1-6-2-4-7(5-3-6)11(8,9)10/h10-13,18,20,22-27,29,34-36H,8-9,14-17H2,1-7H3,(H,32,37);2-5H,1H3,(H,8,9,10). The van der Waals surface area contributed by atoms with Gasteiger partial charge in [0.05, 0.1) is 22.4 Å². The van der Waals surface area contributed by atoms with Crippen LogP contribution >= 0.6 is 11.8 Å². The molecule has 2 aromatic rings. The van der Waals surface area contributed by atoms with E-state index in [0.717, 1.165) is 11.1 Å². The molecule has 2 amide bonds. The smallest absolute Gasteiger partial charge is 0.410 e. The second-order valence-corrected chi connectivity index (χ2v) is 19.5. The number of likely N-dealkylation sites (tertiary alicyclic amines) is 1. The Morgan fingerprint density at radius 1 is 0.929 bits per heavy atom. The maximum atomic E-state index is 13.9. The van der Waals surface area contributed by atoms with Crippen LogP contribution in [-0.4, -0.2) is 121 Å². The predicted molar refractivity (Wildman–Crippen MR) is 211 cm³/mol. The Bertz CT molecular complexity index is 1800. The molecule has 2 heterocycles. The van der Waals surface area contributed by atoms with Gasteiger partial charge in [0, 0.05) is 6.54 Å². The van der Waals surface area contributed by atoms with Gasteiger partial charge in [-0.15, -0.1) is 11.8 Å². The average molecular weight is 847 g/mol. The Hall–Kier alpha value is -2.81. The zero-order chi connectivity index (χ0) is 42.2. The van der Waals surface area contributed by atoms with Crippen LogP contribution in [0.2, 0.25) is 0 Å². The van der Waals surface area contributed by atoms with E-state index in [-0.39, 0.29) is 34.8 Å². The molecular formula is C38H58N2O13S3. The van der Waals surface area contributed by atoms with Gasteiger partial charge < -0.3 is 30.1 Å². The molecule has 2 aliphatic rings. The summed E-state index contributed by atoms with van der Waals surface area (Å²) in [5.74, 6) is -0.697. The van der Waals surface area contributed by atoms with Crippen molar-refractivity contribution in [3.05, 3.63) is 59.7 Å². The van der Waals surface area contributed by atoms with E-state index in [2.05, 4.69) is 5.32 Å². The van der Waals surface area contributed by atoms with Crippen LogP contribution in [0.25, 0.3) is 0 Å². The molecule has 2 aliphatic heterocycles. The van der Waals surface area contributed by atoms with Crippen molar-refractivity contribution in [2.45, 2.75) is 131 Å². The molecule has 5 N–H and O–H groups in total. The Kier molecular flexibility index (Phi) is 17.2. The summed E-state index contributed by atoms with van der Waals surface area (Å²) in [6.07, 6.45) is -2.22. The summed E-state index contributed by atoms with van der Waals surface area (Å²) in [5, 5.41) is 34.6. The van der Waals surface area contributed by atoms with E-state index in [1.54, 1.807) is 51.3 Å². The van der Waals surface area contributed by atoms with Crippen LogP contribution < -0.4 is 5.32 Å². The van der Waals surface area contributed by atoms with E-state index in [1.165, 1.54) is 40.9 Å². The highest BCUT2D eigenvalue weighted by molar-refractivity contribution is 7.99. The van der Waals surface area contributed by atoms with Crippen LogP contribution in [-0.2, 0) is 38.7 Å². The molecule has 15 nitrogen and oxygen atoms in total. The normalized spacial score (nSPS) is 25.2. The summed E-state index contributed by atoms with van der Waals surface area (Å²) in [6.45, 7) is 12.9. The number of piperidine rings is 1. The van der Waals surface area contributed by atoms with Gasteiger partial charge in [0.1, 0.15) is 41.5 Å². The molecule has 2 aromatic carbocycles. The Morgan fingerprint density at radius 2 is 1.48 bits per heavy atom. The first-order valence-electron chi connectivity index (χ1n) is 18.5. The Labute approximate surface area is 335 Å². The lowest BCUT2D eigenvalue weighted by Crippen LogP contribution is -2.65. The molecule has 0 aliphatic carbocycles. The number of aliphatic hydroxyl groups excluding tert-OH is 3. The van der Waals surface area contributed by atoms with Crippen LogP contribution in [0, 0.1) is 25.7 Å². The van der Waals surface area contributed by atoms with Crippen molar-refractivity contribution in [3.8, 4) is 0 Å². The lowest BCUT2D eigenvalue weighted by atomic mass is 9.86. The molecule has 4 rings (SSSR count). The van der Waals surface area contributed by atoms with Gasteiger partial charge in [-0.05, 0) is 103 Å². The number of aliphatic hydroxyl groups is 3. The largest absolute Gasteiger partial charge is 0.444 e. The lowest BCUT2D eigenvalue weighted by Gasteiger charge is -2.45. The number of carbonyl (C=O) groups is 2. The Balaban J connectivity index is 0.000000655. The van der Waals surface area contributed by atoms with Crippen molar-refractivity contribution in [3.63, 3.8) is 0 Å². The Morgan fingerprint density at radius 3 is 1.98 bits per heavy atom. The highest BCUT2D eigenvalue weighted by Crippen LogP contribution is 2.32. The lowest BCUT2D eigenvalue weighted by molar-refractivity contribution is -0.208. The van der Waals surface area contributed by atoms with E-state index in [0.29, 0.717) is 25.7 Å². The fourth-order valence-electron chi connectivity index (χ4n) is 6.37. The van der Waals surface area contributed by atoms with Gasteiger partial charge in [-0.2, -0.15) is 16.8 Å². The van der Waals surface area contributed by atoms with Crippen molar-refractivity contribution in [2.75, 3.05) is 19.4 Å². The molecule has 18 heteroatoms. The summed E-state index contributed by atoms with van der Waals surface area (Å²) in [5.41, 5.74) is 0.311. The molecule has 0 saturated carbocycles. The molecule has 0 bridgehead atoms. The number of ether oxygens (including phenoxy) is 2. The molecule has 0 aromatic heterocycles. The van der Waals surface area contributed by atoms with Crippen LogP contribution in [0.3, 0.4) is 0 Å². The van der Waals surface area contributed by atoms with Crippen molar-refractivity contribution in [1.29, 1.82) is 0 Å². The third-order valence-electron chi connectivity index (χ3n) is 9.49. The molecule has 316 valence electrons. The van der Waals surface area contributed by atoms with Gasteiger partial charge in [-0.1, -0.05) is 49.2 Å². The molecule has 8 atom stereocenters. The molecule has 56 heavy (non-hydrogen) atoms. The van der Waals surface area contributed by atoms with Gasteiger partial charge in [-0.25, -0.2) is 4.79 Å². The quantitative estimate of drug-likeness (QED) is 0.116. The number of hydrogen-bond acceptors (Lipinski definition) is 13. The van der Waals surface area contributed by atoms with Gasteiger partial charge in [-0.3, -0.25) is 18.4 Å². The van der Waals surface area contributed by atoms with E-state index < -0.39 is 79.8 Å². The first kappa shape index (κ1) is 47.6. The number of rotatable bonds is 12. The number of nitrogens with zero attached hydrogens (tertiary/aromatic N) is 1. The third kappa shape index (κ3) is 13.7. The maximum Gasteiger partial charge on any atom is 0.410 e. The van der Waals surface area contributed by atoms with Crippen LogP contribution in [0.4, 0.5) is 4.79 Å². The second kappa shape index (κ2) is 20.2. The van der Waals surface area contributed by atoms with Gasteiger partial charge >= 0.3 is 6.09 Å². The summed E-state index contributed by atoms with van der Waals surface area (Å²) in [7, 11) is -7.91. The number of benzene rings is 2. The fraction of sp³-hybridized carbons (Fsp3) is 0.632. The molecular weight excluding hydrogens is 789 g/mol. The zero-order valence-corrected chi connectivity index (χ0v) is 35.6. The maximum absolute atomic E-state index is 13.9. The van der Waals surface area contributed by atoms with Crippen LogP contribution in [0.1, 0.15) is 71.4 Å². The van der Waals surface area contributed by atoms with E-state index in [4.69, 9.17) is 18.2 Å². The van der Waals surface area contributed by atoms with Crippen molar-refractivity contribution >= 4 is 44.0 Å². The molecule has 2 fully saturated rings. The molecule has 8 unspecified atom stereocenters. The number of thioether (sulfide) groups is 1. The number of amides is 2. The summed E-state index contributed by atoms with van der Waals surface area (Å²) in [4.78, 5) is 28.5. The summed E-state index contributed by atoms with van der Waals surface area (Å²) < 4.78 is 71.5. The monoisotopic (exact) mass is 846 g/mol. The van der Waals surface area contributed by atoms with Crippen molar-refractivity contribution in [2.24, 2.45) is 11.8 Å². The summed E-state index contributed by atoms with van der Waals surface area (Å²) in [6, 6.07) is 10.8. The van der Waals surface area contributed by atoms with Crippen LogP contribution in [0.15, 0.2) is 58.3 Å². The molecule has 0 radical (unpaired) electrons. The zero-order valence-electron chi connectivity index (χ0n) is 33.2. The summed E-state index contributed by atoms with van der Waals surface area (Å²) >= 11 is 1.19. The fourth-order valence-corrected chi connectivity index (χ4v) is 8.47. The minimum Gasteiger partial charge on any atom is -0.444 e. The molecule has 0 spiro atoms. The topological polar surface area (TPSA) is 226 Å². The van der Waals surface area contributed by atoms with E-state index in [9.17, 15) is 41.7 Å². The highest BCUT2D eigenvalue weighted by Gasteiger charge is 2.48. The van der Waals surface area contributed by atoms with Gasteiger partial charge in [0.15, 0.2) is 0 Å². The second-order valence-electron chi connectivity index (χ2n) is 15.6. The average Bonchev–Trinajstić information content (AvgIpc) is 3.11. The van der Waals surface area contributed by atoms with Crippen LogP contribution in [0.5, 0.6) is 0 Å². The van der Waals surface area contributed by atoms with Gasteiger partial charge in [0.25, 0.3) is 20.2 Å². The number of hydrogen-bond donors (Lipinski definition) is 5. The minimum atomic E-state index is -4.02. The van der Waals surface area contributed by atoms with E-state index in [1.807, 2.05) is 27.7 Å². The van der Waals surface area contributed by atoms with Crippen molar-refractivity contribution < 1.29 is 60.0 Å². The van der Waals surface area contributed by atoms with E-state index >= 15 is 0 Å². The number of nitrogens with one attached hydrogen (secondary N) is 1. The first-order chi connectivity index (χ1) is 25.9. The third-order valence-corrected chi connectivity index (χ3v) is 12.5. The van der Waals surface area contributed by atoms with Crippen molar-refractivity contribution in [1.82, 2.24) is 10.2 Å².